The van der Waals surface area contributed by atoms with E-state index in [1.807, 2.05) is 37.3 Å². The number of carbonyl (C=O) groups is 2. The fourth-order valence-electron chi connectivity index (χ4n) is 2.23. The molecule has 0 aromatic heterocycles. The zero-order valence-electron chi connectivity index (χ0n) is 11.5. The number of likely N-dealkylation sites (N-methyl/N-ethyl adjacent to an activating group) is 1. The summed E-state index contributed by atoms with van der Waals surface area (Å²) in [4.78, 5) is 27.3. The molecule has 4 heteroatoms. The van der Waals surface area contributed by atoms with E-state index in [0.29, 0.717) is 6.54 Å². The Labute approximate surface area is 114 Å². The summed E-state index contributed by atoms with van der Waals surface area (Å²) >= 11 is 0. The van der Waals surface area contributed by atoms with Crippen molar-refractivity contribution in [1.82, 2.24) is 4.90 Å². The number of para-hydroxylation sites is 1. The molecule has 1 fully saturated rings. The van der Waals surface area contributed by atoms with Gasteiger partial charge in [-0.05, 0) is 31.9 Å². The lowest BCUT2D eigenvalue weighted by Crippen LogP contribution is -2.43. The molecule has 0 atom stereocenters. The molecule has 1 aliphatic carbocycles. The zero-order valence-corrected chi connectivity index (χ0v) is 11.5. The molecule has 1 aliphatic rings. The second-order valence-electron chi connectivity index (χ2n) is 4.85. The molecule has 1 saturated carbocycles. The number of hydrogen-bond acceptors (Lipinski definition) is 2. The Morgan fingerprint density at radius 2 is 1.84 bits per heavy atom. The normalized spacial score (nSPS) is 14.0. The fourth-order valence-corrected chi connectivity index (χ4v) is 2.23. The van der Waals surface area contributed by atoms with Crippen molar-refractivity contribution < 1.29 is 9.59 Å². The zero-order chi connectivity index (χ0) is 13.8. The van der Waals surface area contributed by atoms with Gasteiger partial charge in [-0.3, -0.25) is 9.59 Å². The predicted octanol–water partition coefficient (Wildman–Crippen LogP) is 2.05. The van der Waals surface area contributed by atoms with Crippen molar-refractivity contribution >= 4 is 17.5 Å². The van der Waals surface area contributed by atoms with Gasteiger partial charge in [0.05, 0.1) is 0 Å². The van der Waals surface area contributed by atoms with Gasteiger partial charge in [0.25, 0.3) is 0 Å². The number of carbonyl (C=O) groups excluding carboxylic acids is 2. The van der Waals surface area contributed by atoms with Gasteiger partial charge in [0.1, 0.15) is 6.54 Å². The van der Waals surface area contributed by atoms with Crippen LogP contribution in [0.15, 0.2) is 30.3 Å². The third kappa shape index (κ3) is 3.34. The molecule has 0 saturated heterocycles. The number of amides is 2. The van der Waals surface area contributed by atoms with E-state index in [9.17, 15) is 9.59 Å². The van der Waals surface area contributed by atoms with Crippen LogP contribution in [-0.4, -0.2) is 35.8 Å². The van der Waals surface area contributed by atoms with Crippen LogP contribution in [0, 0.1) is 0 Å². The minimum atomic E-state index is -0.0178. The molecule has 1 aromatic carbocycles. The highest BCUT2D eigenvalue weighted by Crippen LogP contribution is 2.27. The second-order valence-corrected chi connectivity index (χ2v) is 4.85. The van der Waals surface area contributed by atoms with Crippen LogP contribution in [0.3, 0.4) is 0 Å². The van der Waals surface area contributed by atoms with E-state index in [2.05, 4.69) is 0 Å². The minimum Gasteiger partial charge on any atom is -0.331 e. The molecule has 2 amide bonds. The van der Waals surface area contributed by atoms with E-state index in [1.54, 1.807) is 9.80 Å². The molecular weight excluding hydrogens is 240 g/mol. The smallest absolute Gasteiger partial charge is 0.246 e. The SMILES string of the molecule is CCN(C(=O)CN(C(C)=O)C1CC1)c1ccccc1. The van der Waals surface area contributed by atoms with Crippen LogP contribution in [0.1, 0.15) is 26.7 Å². The molecule has 0 heterocycles. The summed E-state index contributed by atoms with van der Waals surface area (Å²) < 4.78 is 0. The molecule has 0 radical (unpaired) electrons. The van der Waals surface area contributed by atoms with Gasteiger partial charge >= 0.3 is 0 Å². The first-order chi connectivity index (χ1) is 9.13. The summed E-state index contributed by atoms with van der Waals surface area (Å²) in [6, 6.07) is 9.85. The standard InChI is InChI=1S/C15H20N2O2/c1-3-16(13-7-5-4-6-8-13)15(19)11-17(12(2)18)14-9-10-14/h4-8,14H,3,9-11H2,1-2H3. The summed E-state index contributed by atoms with van der Waals surface area (Å²) in [6.45, 7) is 4.27. The summed E-state index contributed by atoms with van der Waals surface area (Å²) in [5.74, 6) is -0.0317. The lowest BCUT2D eigenvalue weighted by atomic mass is 10.2. The fraction of sp³-hybridized carbons (Fsp3) is 0.467. The van der Waals surface area contributed by atoms with Crippen molar-refractivity contribution in [3.63, 3.8) is 0 Å². The Morgan fingerprint density at radius 3 is 2.32 bits per heavy atom. The Balaban J connectivity index is 2.06. The van der Waals surface area contributed by atoms with Gasteiger partial charge < -0.3 is 9.80 Å². The first-order valence-corrected chi connectivity index (χ1v) is 6.76. The maximum atomic E-state index is 12.4. The molecule has 0 N–H and O–H groups in total. The third-order valence-corrected chi connectivity index (χ3v) is 3.38. The van der Waals surface area contributed by atoms with Crippen LogP contribution < -0.4 is 4.90 Å². The van der Waals surface area contributed by atoms with Gasteiger partial charge in [-0.1, -0.05) is 18.2 Å². The minimum absolute atomic E-state index is 0.0139. The molecule has 2 rings (SSSR count). The van der Waals surface area contributed by atoms with Crippen molar-refractivity contribution in [2.75, 3.05) is 18.0 Å². The molecule has 0 unspecified atom stereocenters. The molecular formula is C15H20N2O2. The molecule has 102 valence electrons. The van der Waals surface area contributed by atoms with Crippen LogP contribution in [0.2, 0.25) is 0 Å². The highest BCUT2D eigenvalue weighted by Gasteiger charge is 2.33. The number of benzene rings is 1. The van der Waals surface area contributed by atoms with Gasteiger partial charge in [-0.25, -0.2) is 0 Å². The molecule has 0 aliphatic heterocycles. The maximum absolute atomic E-state index is 12.4. The lowest BCUT2D eigenvalue weighted by molar-refractivity contribution is -0.134. The quantitative estimate of drug-likeness (QED) is 0.813. The molecule has 0 spiro atoms. The molecule has 4 nitrogen and oxygen atoms in total. The Hall–Kier alpha value is -1.84. The van der Waals surface area contributed by atoms with Gasteiger partial charge in [-0.2, -0.15) is 0 Å². The van der Waals surface area contributed by atoms with Crippen LogP contribution >= 0.6 is 0 Å². The van der Waals surface area contributed by atoms with Crippen LogP contribution in [0.25, 0.3) is 0 Å². The monoisotopic (exact) mass is 260 g/mol. The van der Waals surface area contributed by atoms with E-state index in [-0.39, 0.29) is 24.4 Å². The second kappa shape index (κ2) is 5.87. The van der Waals surface area contributed by atoms with Gasteiger partial charge in [0, 0.05) is 25.2 Å². The summed E-state index contributed by atoms with van der Waals surface area (Å²) in [5, 5.41) is 0. The largest absolute Gasteiger partial charge is 0.331 e. The summed E-state index contributed by atoms with van der Waals surface area (Å²) in [6.07, 6.45) is 2.04. The van der Waals surface area contributed by atoms with Gasteiger partial charge in [0.15, 0.2) is 0 Å². The predicted molar refractivity (Wildman–Crippen MR) is 74.9 cm³/mol. The summed E-state index contributed by atoms with van der Waals surface area (Å²) in [5.41, 5.74) is 0.884. The van der Waals surface area contributed by atoms with Crippen LogP contribution in [0.4, 0.5) is 5.69 Å². The lowest BCUT2D eigenvalue weighted by Gasteiger charge is -2.26. The summed E-state index contributed by atoms with van der Waals surface area (Å²) in [7, 11) is 0. The van der Waals surface area contributed by atoms with Crippen molar-refractivity contribution in [3.8, 4) is 0 Å². The first-order valence-electron chi connectivity index (χ1n) is 6.76. The average Bonchev–Trinajstić information content (AvgIpc) is 3.22. The van der Waals surface area contributed by atoms with Crippen LogP contribution in [-0.2, 0) is 9.59 Å². The Morgan fingerprint density at radius 1 is 1.21 bits per heavy atom. The number of nitrogens with zero attached hydrogens (tertiary/aromatic N) is 2. The van der Waals surface area contributed by atoms with E-state index in [0.717, 1.165) is 18.5 Å². The number of hydrogen-bond donors (Lipinski definition) is 0. The molecule has 1 aromatic rings. The van der Waals surface area contributed by atoms with Crippen molar-refractivity contribution in [2.45, 2.75) is 32.7 Å². The van der Waals surface area contributed by atoms with Crippen LogP contribution in [0.5, 0.6) is 0 Å². The molecule has 0 bridgehead atoms. The third-order valence-electron chi connectivity index (χ3n) is 3.38. The Kier molecular flexibility index (Phi) is 4.20. The topological polar surface area (TPSA) is 40.6 Å². The number of rotatable bonds is 5. The van der Waals surface area contributed by atoms with Gasteiger partial charge in [0.2, 0.25) is 11.8 Å². The Bertz CT molecular complexity index is 454. The van der Waals surface area contributed by atoms with Gasteiger partial charge in [-0.15, -0.1) is 0 Å². The maximum Gasteiger partial charge on any atom is 0.246 e. The van der Waals surface area contributed by atoms with Crippen molar-refractivity contribution in [3.05, 3.63) is 30.3 Å². The van der Waals surface area contributed by atoms with Crippen molar-refractivity contribution in [2.24, 2.45) is 0 Å². The van der Waals surface area contributed by atoms with E-state index in [4.69, 9.17) is 0 Å². The molecule has 19 heavy (non-hydrogen) atoms. The highest BCUT2D eigenvalue weighted by atomic mass is 16.2. The highest BCUT2D eigenvalue weighted by molar-refractivity contribution is 5.96. The average molecular weight is 260 g/mol. The van der Waals surface area contributed by atoms with E-state index in [1.165, 1.54) is 6.92 Å². The van der Waals surface area contributed by atoms with Crippen molar-refractivity contribution in [1.29, 1.82) is 0 Å². The first kappa shape index (κ1) is 13.6. The number of anilines is 1. The van der Waals surface area contributed by atoms with E-state index < -0.39 is 0 Å². The van der Waals surface area contributed by atoms with E-state index >= 15 is 0 Å².